The maximum Gasteiger partial charge on any atom is 0.331 e. The summed E-state index contributed by atoms with van der Waals surface area (Å²) < 4.78 is 0. The van der Waals surface area contributed by atoms with Gasteiger partial charge in [-0.3, -0.25) is 14.9 Å². The third-order valence-corrected chi connectivity index (χ3v) is 2.23. The molecule has 0 aromatic heterocycles. The van der Waals surface area contributed by atoms with E-state index in [0.29, 0.717) is 0 Å². The minimum Gasteiger partial charge on any atom is -0.478 e. The molecule has 0 heterocycles. The number of nitrogens with two attached hydrogens (primary N) is 1. The molecule has 0 aromatic rings. The van der Waals surface area contributed by atoms with Crippen LogP contribution in [0.4, 0.5) is 4.79 Å². The number of hydrogen-bond donors (Lipinski definition) is 4. The summed E-state index contributed by atoms with van der Waals surface area (Å²) in [6, 6.07) is -1.87. The Bertz CT molecular complexity index is 427. The molecule has 0 aromatic carbocycles. The van der Waals surface area contributed by atoms with Crippen LogP contribution in [0, 0.1) is 0 Å². The van der Waals surface area contributed by atoms with Crippen LogP contribution in [0.3, 0.4) is 0 Å². The van der Waals surface area contributed by atoms with Crippen molar-refractivity contribution >= 4 is 23.8 Å². The standard InChI is InChI=1S/C10H15N3O5/c1-4(5(2)9(16)17)8(15)13-10(18)12-6(3)7(11)14/h6H,1-3H3,(H2,11,14)(H,16,17)(H2,12,13,15,18). The zero-order valence-electron chi connectivity index (χ0n) is 10.2. The summed E-state index contributed by atoms with van der Waals surface area (Å²) in [6.45, 7) is 3.85. The van der Waals surface area contributed by atoms with Crippen LogP contribution in [0.2, 0.25) is 0 Å². The Balaban J connectivity index is 4.60. The average Bonchev–Trinajstić information content (AvgIpc) is 2.26. The Morgan fingerprint density at radius 1 is 1.11 bits per heavy atom. The second-order valence-corrected chi connectivity index (χ2v) is 3.61. The van der Waals surface area contributed by atoms with Crippen LogP contribution in [0.15, 0.2) is 11.1 Å². The predicted molar refractivity (Wildman–Crippen MR) is 61.3 cm³/mol. The Morgan fingerprint density at radius 2 is 1.61 bits per heavy atom. The maximum atomic E-state index is 11.4. The van der Waals surface area contributed by atoms with Gasteiger partial charge in [-0.25, -0.2) is 9.59 Å². The highest BCUT2D eigenvalue weighted by Crippen LogP contribution is 2.03. The zero-order valence-corrected chi connectivity index (χ0v) is 10.2. The normalized spacial score (nSPS) is 13.1. The number of carbonyl (C=O) groups is 4. The lowest BCUT2D eigenvalue weighted by molar-refractivity contribution is -0.133. The molecule has 0 fully saturated rings. The van der Waals surface area contributed by atoms with Crippen molar-refractivity contribution in [2.24, 2.45) is 5.73 Å². The molecule has 1 atom stereocenters. The highest BCUT2D eigenvalue weighted by atomic mass is 16.4. The fraction of sp³-hybridized carbons (Fsp3) is 0.400. The molecule has 0 radical (unpaired) electrons. The number of carboxylic acid groups (broad SMARTS) is 1. The van der Waals surface area contributed by atoms with Gasteiger partial charge in [0.15, 0.2) is 0 Å². The summed E-state index contributed by atoms with van der Waals surface area (Å²) >= 11 is 0. The largest absolute Gasteiger partial charge is 0.478 e. The fourth-order valence-corrected chi connectivity index (χ4v) is 0.831. The minimum atomic E-state index is -1.26. The van der Waals surface area contributed by atoms with Gasteiger partial charge in [0, 0.05) is 11.1 Å². The Morgan fingerprint density at radius 3 is 2.00 bits per heavy atom. The summed E-state index contributed by atoms with van der Waals surface area (Å²) in [4.78, 5) is 43.9. The van der Waals surface area contributed by atoms with Crippen molar-refractivity contribution in [2.75, 3.05) is 0 Å². The lowest BCUT2D eigenvalue weighted by Crippen LogP contribution is -2.48. The zero-order chi connectivity index (χ0) is 14.5. The van der Waals surface area contributed by atoms with Gasteiger partial charge in [-0.15, -0.1) is 0 Å². The number of amides is 4. The van der Waals surface area contributed by atoms with Crippen LogP contribution < -0.4 is 16.4 Å². The molecule has 0 aliphatic carbocycles. The molecule has 100 valence electrons. The summed E-state index contributed by atoms with van der Waals surface area (Å²) in [5, 5.41) is 12.7. The molecule has 1 unspecified atom stereocenters. The average molecular weight is 257 g/mol. The van der Waals surface area contributed by atoms with Crippen molar-refractivity contribution in [3.8, 4) is 0 Å². The fourth-order valence-electron chi connectivity index (χ4n) is 0.831. The second-order valence-electron chi connectivity index (χ2n) is 3.61. The van der Waals surface area contributed by atoms with Crippen LogP contribution in [0.5, 0.6) is 0 Å². The van der Waals surface area contributed by atoms with E-state index in [1.165, 1.54) is 20.8 Å². The van der Waals surface area contributed by atoms with E-state index in [-0.39, 0.29) is 11.1 Å². The number of carboxylic acids is 1. The van der Waals surface area contributed by atoms with Crippen molar-refractivity contribution in [1.82, 2.24) is 10.6 Å². The summed E-state index contributed by atoms with van der Waals surface area (Å²) in [5.74, 6) is -2.87. The monoisotopic (exact) mass is 257 g/mol. The molecular weight excluding hydrogens is 242 g/mol. The number of aliphatic carboxylic acids is 1. The van der Waals surface area contributed by atoms with Gasteiger partial charge >= 0.3 is 12.0 Å². The third-order valence-electron chi connectivity index (χ3n) is 2.23. The lowest BCUT2D eigenvalue weighted by atomic mass is 10.1. The number of hydrogen-bond acceptors (Lipinski definition) is 4. The van der Waals surface area contributed by atoms with E-state index in [9.17, 15) is 19.2 Å². The molecule has 4 amide bonds. The lowest BCUT2D eigenvalue weighted by Gasteiger charge is -2.11. The van der Waals surface area contributed by atoms with Crippen molar-refractivity contribution in [2.45, 2.75) is 26.8 Å². The Labute approximate surface area is 103 Å². The molecule has 0 bridgehead atoms. The molecule has 5 N–H and O–H groups in total. The first-order valence-corrected chi connectivity index (χ1v) is 4.98. The Kier molecular flexibility index (Phi) is 5.54. The molecule has 0 saturated heterocycles. The van der Waals surface area contributed by atoms with Gasteiger partial charge in [0.25, 0.3) is 5.91 Å². The van der Waals surface area contributed by atoms with Gasteiger partial charge in [0.05, 0.1) is 0 Å². The van der Waals surface area contributed by atoms with E-state index in [1.54, 1.807) is 0 Å². The van der Waals surface area contributed by atoms with Gasteiger partial charge in [-0.05, 0) is 20.8 Å². The van der Waals surface area contributed by atoms with E-state index < -0.39 is 29.9 Å². The van der Waals surface area contributed by atoms with E-state index in [2.05, 4.69) is 5.32 Å². The second kappa shape index (κ2) is 6.38. The summed E-state index contributed by atoms with van der Waals surface area (Å²) in [7, 11) is 0. The van der Waals surface area contributed by atoms with Gasteiger partial charge in [0.1, 0.15) is 6.04 Å². The molecule has 8 nitrogen and oxygen atoms in total. The number of nitrogens with one attached hydrogen (secondary N) is 2. The van der Waals surface area contributed by atoms with E-state index in [1.807, 2.05) is 5.32 Å². The van der Waals surface area contributed by atoms with Crippen LogP contribution in [-0.4, -0.2) is 35.0 Å². The number of carbonyl (C=O) groups excluding carboxylic acids is 3. The van der Waals surface area contributed by atoms with Crippen molar-refractivity contribution in [3.63, 3.8) is 0 Å². The summed E-state index contributed by atoms with van der Waals surface area (Å²) in [6.07, 6.45) is 0. The van der Waals surface area contributed by atoms with Crippen LogP contribution >= 0.6 is 0 Å². The molecule has 0 spiro atoms. The van der Waals surface area contributed by atoms with E-state index >= 15 is 0 Å². The molecule has 0 saturated carbocycles. The van der Waals surface area contributed by atoms with Crippen molar-refractivity contribution in [1.29, 1.82) is 0 Å². The number of urea groups is 1. The van der Waals surface area contributed by atoms with Crippen LogP contribution in [0.1, 0.15) is 20.8 Å². The summed E-state index contributed by atoms with van der Waals surface area (Å²) in [5.41, 5.74) is 4.62. The van der Waals surface area contributed by atoms with Crippen LogP contribution in [0.25, 0.3) is 0 Å². The number of rotatable bonds is 4. The first-order valence-electron chi connectivity index (χ1n) is 4.98. The smallest absolute Gasteiger partial charge is 0.331 e. The van der Waals surface area contributed by atoms with Crippen LogP contribution in [-0.2, 0) is 14.4 Å². The first kappa shape index (κ1) is 15.6. The SMILES string of the molecule is CC(C(=O)O)=C(C)C(=O)NC(=O)NC(C)C(N)=O. The molecular formula is C10H15N3O5. The number of primary amides is 1. The quantitative estimate of drug-likeness (QED) is 0.484. The maximum absolute atomic E-state index is 11.4. The molecule has 8 heteroatoms. The van der Waals surface area contributed by atoms with Gasteiger partial charge in [-0.2, -0.15) is 0 Å². The highest BCUT2D eigenvalue weighted by Gasteiger charge is 2.17. The molecule has 18 heavy (non-hydrogen) atoms. The topological polar surface area (TPSA) is 139 Å². The molecule has 0 aliphatic heterocycles. The highest BCUT2D eigenvalue weighted by molar-refractivity contribution is 6.07. The van der Waals surface area contributed by atoms with E-state index in [4.69, 9.17) is 10.8 Å². The molecule has 0 rings (SSSR count). The molecule has 0 aliphatic rings. The minimum absolute atomic E-state index is 0.107. The van der Waals surface area contributed by atoms with Gasteiger partial charge < -0.3 is 16.2 Å². The number of imide groups is 1. The van der Waals surface area contributed by atoms with Gasteiger partial charge in [-0.1, -0.05) is 0 Å². The first-order chi connectivity index (χ1) is 8.16. The van der Waals surface area contributed by atoms with Crippen molar-refractivity contribution in [3.05, 3.63) is 11.1 Å². The predicted octanol–water partition coefficient (Wildman–Crippen LogP) is -0.893. The Hall–Kier alpha value is -2.38. The van der Waals surface area contributed by atoms with E-state index in [0.717, 1.165) is 0 Å². The van der Waals surface area contributed by atoms with Gasteiger partial charge in [0.2, 0.25) is 5.91 Å². The third kappa shape index (κ3) is 4.64. The van der Waals surface area contributed by atoms with Crippen molar-refractivity contribution < 1.29 is 24.3 Å².